The van der Waals surface area contributed by atoms with E-state index >= 15 is 0 Å². The highest BCUT2D eigenvalue weighted by Gasteiger charge is 2.43. The Morgan fingerprint density at radius 2 is 1.81 bits per heavy atom. The van der Waals surface area contributed by atoms with Crippen LogP contribution in [0.1, 0.15) is 45.2 Å². The van der Waals surface area contributed by atoms with Gasteiger partial charge >= 0.3 is 0 Å². The molecule has 0 saturated heterocycles. The first-order valence-corrected chi connectivity index (χ1v) is 11.2. The van der Waals surface area contributed by atoms with E-state index in [-0.39, 0.29) is 11.2 Å². The number of nitrogens with zero attached hydrogens (tertiary/aromatic N) is 3. The van der Waals surface area contributed by atoms with Crippen molar-refractivity contribution in [2.75, 3.05) is 32.4 Å². The number of benzene rings is 1. The molecule has 1 aliphatic carbocycles. The van der Waals surface area contributed by atoms with Crippen molar-refractivity contribution in [3.8, 4) is 17.2 Å². The first kappa shape index (κ1) is 21.5. The average molecular weight is 445 g/mol. The predicted molar refractivity (Wildman–Crippen MR) is 119 cm³/mol. The lowest BCUT2D eigenvalue weighted by atomic mass is 9.73. The topological polar surface area (TPSA) is 87.5 Å². The number of allylic oxidation sites excluding steroid dienone is 2. The van der Waals surface area contributed by atoms with Crippen LogP contribution in [0, 0.1) is 5.41 Å². The second-order valence-electron chi connectivity index (χ2n) is 8.41. The smallest absolute Gasteiger partial charge is 0.227 e. The lowest BCUT2D eigenvalue weighted by molar-refractivity contribution is -0.118. The molecule has 9 heteroatoms. The van der Waals surface area contributed by atoms with Gasteiger partial charge in [-0.25, -0.2) is 4.68 Å². The Labute approximate surface area is 186 Å². The van der Waals surface area contributed by atoms with Gasteiger partial charge in [0.05, 0.1) is 21.3 Å². The number of anilines is 1. The van der Waals surface area contributed by atoms with Gasteiger partial charge in [0.25, 0.3) is 0 Å². The van der Waals surface area contributed by atoms with Gasteiger partial charge in [-0.3, -0.25) is 4.79 Å². The van der Waals surface area contributed by atoms with E-state index in [1.165, 1.54) is 0 Å². The van der Waals surface area contributed by atoms with Crippen molar-refractivity contribution in [3.63, 3.8) is 0 Å². The van der Waals surface area contributed by atoms with Crippen LogP contribution in [0.15, 0.2) is 28.6 Å². The Bertz CT molecular complexity index is 1060. The predicted octanol–water partition coefficient (Wildman–Crippen LogP) is 4.07. The van der Waals surface area contributed by atoms with E-state index in [2.05, 4.69) is 31.1 Å². The molecule has 31 heavy (non-hydrogen) atoms. The summed E-state index contributed by atoms with van der Waals surface area (Å²) in [5.74, 6) is 3.30. The third kappa shape index (κ3) is 3.75. The number of aromatic nitrogens is 3. The molecule has 0 saturated carbocycles. The van der Waals surface area contributed by atoms with Gasteiger partial charge in [-0.15, -0.1) is 5.10 Å². The zero-order valence-corrected chi connectivity index (χ0v) is 19.6. The minimum Gasteiger partial charge on any atom is -0.496 e. The van der Waals surface area contributed by atoms with Crippen molar-refractivity contribution in [2.24, 2.45) is 5.41 Å². The Morgan fingerprint density at radius 1 is 1.13 bits per heavy atom. The molecule has 1 aromatic heterocycles. The average Bonchev–Trinajstić information content (AvgIpc) is 3.12. The Hall–Kier alpha value is -2.68. The second-order valence-corrected chi connectivity index (χ2v) is 9.64. The highest BCUT2D eigenvalue weighted by Crippen LogP contribution is 2.49. The van der Waals surface area contributed by atoms with Crippen LogP contribution in [0.5, 0.6) is 17.2 Å². The van der Waals surface area contributed by atoms with Crippen LogP contribution in [-0.2, 0) is 4.79 Å². The molecule has 1 aromatic carbocycles. The van der Waals surface area contributed by atoms with Crippen molar-refractivity contribution < 1.29 is 19.0 Å². The van der Waals surface area contributed by atoms with Crippen LogP contribution in [0.25, 0.3) is 0 Å². The van der Waals surface area contributed by atoms with E-state index < -0.39 is 6.04 Å². The summed E-state index contributed by atoms with van der Waals surface area (Å²) in [4.78, 5) is 18.1. The molecule has 2 heterocycles. The van der Waals surface area contributed by atoms with Crippen LogP contribution in [0.4, 0.5) is 5.95 Å². The van der Waals surface area contributed by atoms with E-state index in [0.29, 0.717) is 40.3 Å². The van der Waals surface area contributed by atoms with Crippen LogP contribution >= 0.6 is 11.8 Å². The summed E-state index contributed by atoms with van der Waals surface area (Å²) >= 11 is 1.56. The lowest BCUT2D eigenvalue weighted by Gasteiger charge is -2.38. The molecule has 2 aromatic rings. The third-order valence-electron chi connectivity index (χ3n) is 5.62. The monoisotopic (exact) mass is 444 g/mol. The minimum absolute atomic E-state index is 0.103. The fourth-order valence-corrected chi connectivity index (χ4v) is 4.89. The van der Waals surface area contributed by atoms with E-state index in [4.69, 9.17) is 19.3 Å². The number of hydrogen-bond acceptors (Lipinski definition) is 8. The maximum absolute atomic E-state index is 13.4. The van der Waals surface area contributed by atoms with E-state index in [0.717, 1.165) is 23.4 Å². The Morgan fingerprint density at radius 3 is 2.45 bits per heavy atom. The van der Waals surface area contributed by atoms with E-state index in [1.807, 2.05) is 6.07 Å². The molecule has 0 unspecified atom stereocenters. The molecule has 4 rings (SSSR count). The molecular weight excluding hydrogens is 416 g/mol. The molecular formula is C22H28N4O4S. The minimum atomic E-state index is -0.469. The maximum Gasteiger partial charge on any atom is 0.227 e. The molecule has 0 bridgehead atoms. The largest absolute Gasteiger partial charge is 0.496 e. The Kier molecular flexibility index (Phi) is 5.63. The number of ether oxygens (including phenoxy) is 3. The number of thioether (sulfide) groups is 1. The fourth-order valence-electron chi connectivity index (χ4n) is 4.33. The molecule has 1 atom stereocenters. The SMILES string of the molecule is CCSc1nc2n(n1)[C@H](c1cc(OC)c(OC)cc1OC)C1=C(CC(C)(C)CC1=O)N2. The van der Waals surface area contributed by atoms with Crippen LogP contribution in [-0.4, -0.2) is 47.6 Å². The van der Waals surface area contributed by atoms with Gasteiger partial charge in [0, 0.05) is 29.3 Å². The first-order valence-electron chi connectivity index (χ1n) is 10.2. The van der Waals surface area contributed by atoms with E-state index in [9.17, 15) is 4.79 Å². The second kappa shape index (κ2) is 8.11. The molecule has 0 fully saturated rings. The van der Waals surface area contributed by atoms with Gasteiger partial charge in [-0.2, -0.15) is 4.98 Å². The van der Waals surface area contributed by atoms with Crippen LogP contribution in [0.3, 0.4) is 0 Å². The zero-order valence-electron chi connectivity index (χ0n) is 18.7. The number of Topliss-reactive ketones (excluding diaryl/α,β-unsaturated/α-hetero) is 1. The van der Waals surface area contributed by atoms with Gasteiger partial charge in [0.1, 0.15) is 11.8 Å². The third-order valence-corrected chi connectivity index (χ3v) is 6.34. The molecule has 2 aliphatic rings. The van der Waals surface area contributed by atoms with E-state index in [1.54, 1.807) is 43.8 Å². The van der Waals surface area contributed by atoms with Crippen molar-refractivity contribution in [1.82, 2.24) is 14.8 Å². The molecule has 1 aliphatic heterocycles. The normalized spacial score (nSPS) is 19.4. The Balaban J connectivity index is 1.96. The zero-order chi connectivity index (χ0) is 22.3. The van der Waals surface area contributed by atoms with Crippen molar-refractivity contribution in [1.29, 1.82) is 0 Å². The van der Waals surface area contributed by atoms with Gasteiger partial charge in [0.15, 0.2) is 17.3 Å². The number of rotatable bonds is 6. The van der Waals surface area contributed by atoms with Crippen molar-refractivity contribution in [2.45, 2.75) is 44.8 Å². The molecule has 0 radical (unpaired) electrons. The van der Waals surface area contributed by atoms with Gasteiger partial charge in [-0.05, 0) is 23.7 Å². The molecule has 8 nitrogen and oxygen atoms in total. The summed E-state index contributed by atoms with van der Waals surface area (Å²) in [6.07, 6.45) is 1.23. The summed E-state index contributed by atoms with van der Waals surface area (Å²) < 4.78 is 18.5. The van der Waals surface area contributed by atoms with Crippen molar-refractivity contribution in [3.05, 3.63) is 29.0 Å². The number of methoxy groups -OCH3 is 3. The molecule has 166 valence electrons. The van der Waals surface area contributed by atoms with Crippen LogP contribution < -0.4 is 19.5 Å². The highest BCUT2D eigenvalue weighted by atomic mass is 32.2. The van der Waals surface area contributed by atoms with Crippen molar-refractivity contribution >= 4 is 23.5 Å². The lowest BCUT2D eigenvalue weighted by Crippen LogP contribution is -2.36. The molecule has 0 amide bonds. The summed E-state index contributed by atoms with van der Waals surface area (Å²) in [5, 5.41) is 8.78. The number of carbonyl (C=O) groups excluding carboxylic acids is 1. The molecule has 1 N–H and O–H groups in total. The summed E-state index contributed by atoms with van der Waals surface area (Å²) in [6.45, 7) is 6.28. The number of fused-ring (bicyclic) bond motifs is 1. The van der Waals surface area contributed by atoms with Gasteiger partial charge in [-0.1, -0.05) is 32.5 Å². The quantitative estimate of drug-likeness (QED) is 0.667. The van der Waals surface area contributed by atoms with Crippen LogP contribution in [0.2, 0.25) is 0 Å². The number of hydrogen-bond donors (Lipinski definition) is 1. The fraction of sp³-hybridized carbons (Fsp3) is 0.500. The standard InChI is InChI=1S/C22H28N4O4S/c1-7-31-21-24-20-23-13-10-22(2,3)11-14(27)18(13)19(26(20)25-21)12-8-16(29-5)17(30-6)9-15(12)28-4/h8-9,19H,7,10-11H2,1-6H3,(H,23,24,25)/t19-/m1/s1. The van der Waals surface area contributed by atoms with Gasteiger partial charge < -0.3 is 19.5 Å². The number of nitrogens with one attached hydrogen (secondary N) is 1. The van der Waals surface area contributed by atoms with Gasteiger partial charge in [0.2, 0.25) is 11.1 Å². The number of ketones is 1. The molecule has 0 spiro atoms. The summed E-state index contributed by atoms with van der Waals surface area (Å²) in [6, 6.07) is 3.18. The summed E-state index contributed by atoms with van der Waals surface area (Å²) in [5.41, 5.74) is 2.26. The maximum atomic E-state index is 13.4. The first-order chi connectivity index (χ1) is 14.8. The highest BCUT2D eigenvalue weighted by molar-refractivity contribution is 7.99. The number of carbonyl (C=O) groups is 1. The summed E-state index contributed by atoms with van der Waals surface area (Å²) in [7, 11) is 4.78.